The van der Waals surface area contributed by atoms with E-state index in [4.69, 9.17) is 0 Å². The number of aromatic nitrogens is 1. The molecule has 0 aliphatic rings. The summed E-state index contributed by atoms with van der Waals surface area (Å²) in [5.41, 5.74) is 3.43. The summed E-state index contributed by atoms with van der Waals surface area (Å²) in [4.78, 5) is 18.2. The van der Waals surface area contributed by atoms with Crippen LogP contribution in [0.15, 0.2) is 12.1 Å². The molecular formula is C16H20N2O2S. The molecule has 2 rings (SSSR count). The van der Waals surface area contributed by atoms with E-state index in [9.17, 15) is 9.90 Å². The predicted octanol–water partition coefficient (Wildman–Crippen LogP) is 4.25. The SMILES string of the molecule is Cc1cc(NC(C)c2cc(C)sc2C)c(C(=O)O)c(C)n1. The van der Waals surface area contributed by atoms with Gasteiger partial charge in [-0.05, 0) is 52.3 Å². The van der Waals surface area contributed by atoms with Crippen molar-refractivity contribution in [2.75, 3.05) is 5.32 Å². The van der Waals surface area contributed by atoms with Gasteiger partial charge in [0.25, 0.3) is 0 Å². The molecule has 2 N–H and O–H groups in total. The molecule has 1 unspecified atom stereocenters. The Kier molecular flexibility index (Phi) is 4.32. The van der Waals surface area contributed by atoms with Crippen LogP contribution < -0.4 is 5.32 Å². The van der Waals surface area contributed by atoms with Crippen molar-refractivity contribution < 1.29 is 9.90 Å². The van der Waals surface area contributed by atoms with Crippen LogP contribution >= 0.6 is 11.3 Å². The third-order valence-corrected chi connectivity index (χ3v) is 4.44. The Morgan fingerprint density at radius 1 is 1.29 bits per heavy atom. The first-order chi connectivity index (χ1) is 9.79. The van der Waals surface area contributed by atoms with Gasteiger partial charge in [0.15, 0.2) is 0 Å². The minimum atomic E-state index is -0.951. The Balaban J connectivity index is 2.39. The Bertz CT molecular complexity index is 692. The zero-order valence-corrected chi connectivity index (χ0v) is 13.8. The highest BCUT2D eigenvalue weighted by Gasteiger charge is 2.18. The van der Waals surface area contributed by atoms with Crippen LogP contribution in [0.5, 0.6) is 0 Å². The van der Waals surface area contributed by atoms with Gasteiger partial charge in [-0.2, -0.15) is 0 Å². The molecule has 2 aromatic heterocycles. The second-order valence-corrected chi connectivity index (χ2v) is 6.77. The quantitative estimate of drug-likeness (QED) is 0.886. The van der Waals surface area contributed by atoms with Crippen molar-refractivity contribution in [1.82, 2.24) is 4.98 Å². The van der Waals surface area contributed by atoms with Gasteiger partial charge < -0.3 is 10.4 Å². The zero-order valence-electron chi connectivity index (χ0n) is 12.9. The highest BCUT2D eigenvalue weighted by Crippen LogP contribution is 2.30. The first-order valence-corrected chi connectivity index (χ1v) is 7.66. The summed E-state index contributed by atoms with van der Waals surface area (Å²) in [7, 11) is 0. The number of hydrogen-bond acceptors (Lipinski definition) is 4. The number of rotatable bonds is 4. The topological polar surface area (TPSA) is 62.2 Å². The summed E-state index contributed by atoms with van der Waals surface area (Å²) in [5, 5.41) is 12.7. The van der Waals surface area contributed by atoms with E-state index in [2.05, 4.69) is 30.2 Å². The van der Waals surface area contributed by atoms with Crippen molar-refractivity contribution >= 4 is 23.0 Å². The van der Waals surface area contributed by atoms with Crippen LogP contribution in [0.25, 0.3) is 0 Å². The molecule has 0 aliphatic heterocycles. The van der Waals surface area contributed by atoms with E-state index in [0.717, 1.165) is 5.69 Å². The molecule has 5 heteroatoms. The molecule has 21 heavy (non-hydrogen) atoms. The number of thiophene rings is 1. The fourth-order valence-corrected chi connectivity index (χ4v) is 3.63. The fourth-order valence-electron chi connectivity index (χ4n) is 2.60. The molecule has 0 spiro atoms. The minimum Gasteiger partial charge on any atom is -0.478 e. The van der Waals surface area contributed by atoms with Crippen LogP contribution in [0, 0.1) is 27.7 Å². The van der Waals surface area contributed by atoms with Crippen molar-refractivity contribution in [2.45, 2.75) is 40.7 Å². The average Bonchev–Trinajstić information content (AvgIpc) is 2.66. The van der Waals surface area contributed by atoms with Gasteiger partial charge in [0.05, 0.1) is 11.4 Å². The highest BCUT2D eigenvalue weighted by molar-refractivity contribution is 7.12. The van der Waals surface area contributed by atoms with Crippen molar-refractivity contribution in [3.63, 3.8) is 0 Å². The van der Waals surface area contributed by atoms with E-state index in [1.165, 1.54) is 15.3 Å². The molecule has 2 aromatic rings. The normalized spacial score (nSPS) is 12.2. The molecular weight excluding hydrogens is 284 g/mol. The van der Waals surface area contributed by atoms with Crippen LogP contribution in [0.2, 0.25) is 0 Å². The van der Waals surface area contributed by atoms with Crippen molar-refractivity contribution in [1.29, 1.82) is 0 Å². The maximum absolute atomic E-state index is 11.5. The number of anilines is 1. The molecule has 0 saturated carbocycles. The van der Waals surface area contributed by atoms with Gasteiger partial charge >= 0.3 is 5.97 Å². The predicted molar refractivity (Wildman–Crippen MR) is 86.5 cm³/mol. The lowest BCUT2D eigenvalue weighted by atomic mass is 10.1. The van der Waals surface area contributed by atoms with Gasteiger partial charge in [-0.1, -0.05) is 0 Å². The number of hydrogen-bond donors (Lipinski definition) is 2. The summed E-state index contributed by atoms with van der Waals surface area (Å²) in [6, 6.07) is 4.00. The van der Waals surface area contributed by atoms with Crippen LogP contribution in [-0.4, -0.2) is 16.1 Å². The van der Waals surface area contributed by atoms with Crippen molar-refractivity contribution in [2.24, 2.45) is 0 Å². The van der Waals surface area contributed by atoms with Crippen LogP contribution in [-0.2, 0) is 0 Å². The Morgan fingerprint density at radius 2 is 1.95 bits per heavy atom. The summed E-state index contributed by atoms with van der Waals surface area (Å²) in [6.45, 7) is 9.82. The number of aryl methyl sites for hydroxylation is 4. The molecule has 0 aromatic carbocycles. The molecule has 0 radical (unpaired) electrons. The third-order valence-electron chi connectivity index (χ3n) is 3.46. The van der Waals surface area contributed by atoms with Gasteiger partial charge in [-0.15, -0.1) is 11.3 Å². The number of pyridine rings is 1. The average molecular weight is 304 g/mol. The Labute approximate surface area is 128 Å². The van der Waals surface area contributed by atoms with E-state index in [1.54, 1.807) is 24.3 Å². The van der Waals surface area contributed by atoms with Gasteiger partial charge in [-0.3, -0.25) is 4.98 Å². The standard InChI is InChI=1S/C16H20N2O2S/c1-8-6-14(15(16(19)20)11(4)17-8)18-10(3)13-7-9(2)21-12(13)5/h6-7,10H,1-5H3,(H,17,18)(H,19,20). The lowest BCUT2D eigenvalue weighted by Gasteiger charge is -2.18. The maximum Gasteiger partial charge on any atom is 0.339 e. The fraction of sp³-hybridized carbons (Fsp3) is 0.375. The Morgan fingerprint density at radius 3 is 2.48 bits per heavy atom. The van der Waals surface area contributed by atoms with Gasteiger partial charge in [0.1, 0.15) is 5.56 Å². The molecule has 4 nitrogen and oxygen atoms in total. The number of nitrogens with one attached hydrogen (secondary N) is 1. The Hall–Kier alpha value is -1.88. The monoisotopic (exact) mass is 304 g/mol. The highest BCUT2D eigenvalue weighted by atomic mass is 32.1. The van der Waals surface area contributed by atoms with E-state index in [1.807, 2.05) is 13.8 Å². The summed E-state index contributed by atoms with van der Waals surface area (Å²) in [5.74, 6) is -0.951. The van der Waals surface area contributed by atoms with Gasteiger partial charge in [0, 0.05) is 21.5 Å². The number of aromatic carboxylic acids is 1. The molecule has 0 bridgehead atoms. The van der Waals surface area contributed by atoms with Crippen LogP contribution in [0.1, 0.15) is 50.0 Å². The van der Waals surface area contributed by atoms with E-state index >= 15 is 0 Å². The maximum atomic E-state index is 11.5. The molecule has 112 valence electrons. The second kappa shape index (κ2) is 5.85. The van der Waals surface area contributed by atoms with Gasteiger partial charge in [0.2, 0.25) is 0 Å². The van der Waals surface area contributed by atoms with E-state index in [0.29, 0.717) is 11.4 Å². The number of carbonyl (C=O) groups is 1. The molecule has 1 atom stereocenters. The first kappa shape index (κ1) is 15.5. The number of carboxylic acid groups (broad SMARTS) is 1. The first-order valence-electron chi connectivity index (χ1n) is 6.84. The molecule has 0 fully saturated rings. The summed E-state index contributed by atoms with van der Waals surface area (Å²) in [6.07, 6.45) is 0. The van der Waals surface area contributed by atoms with Crippen LogP contribution in [0.4, 0.5) is 5.69 Å². The lowest BCUT2D eigenvalue weighted by Crippen LogP contribution is -2.13. The van der Waals surface area contributed by atoms with E-state index < -0.39 is 5.97 Å². The third kappa shape index (κ3) is 3.24. The van der Waals surface area contributed by atoms with Crippen molar-refractivity contribution in [3.8, 4) is 0 Å². The second-order valence-electron chi connectivity index (χ2n) is 5.31. The zero-order chi connectivity index (χ0) is 15.7. The molecule has 2 heterocycles. The molecule has 0 aliphatic carbocycles. The number of nitrogens with zero attached hydrogens (tertiary/aromatic N) is 1. The van der Waals surface area contributed by atoms with Crippen LogP contribution in [0.3, 0.4) is 0 Å². The van der Waals surface area contributed by atoms with Gasteiger partial charge in [-0.25, -0.2) is 4.79 Å². The smallest absolute Gasteiger partial charge is 0.339 e. The lowest BCUT2D eigenvalue weighted by molar-refractivity contribution is 0.0696. The largest absolute Gasteiger partial charge is 0.478 e. The molecule has 0 saturated heterocycles. The molecule has 0 amide bonds. The summed E-state index contributed by atoms with van der Waals surface area (Å²) >= 11 is 1.76. The minimum absolute atomic E-state index is 0.0502. The van der Waals surface area contributed by atoms with Crippen molar-refractivity contribution in [3.05, 3.63) is 44.4 Å². The number of carboxylic acids is 1. The summed E-state index contributed by atoms with van der Waals surface area (Å²) < 4.78 is 0. The van der Waals surface area contributed by atoms with E-state index in [-0.39, 0.29) is 11.6 Å².